The summed E-state index contributed by atoms with van der Waals surface area (Å²) in [5, 5.41) is 5.45. The number of hydrogen-bond donors (Lipinski definition) is 2. The number of carbonyl (C=O) groups excluding carboxylic acids is 3. The van der Waals surface area contributed by atoms with Gasteiger partial charge < -0.3 is 20.0 Å². The number of para-hydroxylation sites is 2. The van der Waals surface area contributed by atoms with Crippen LogP contribution in [0, 0.1) is 13.8 Å². The molecule has 3 aromatic rings. The first-order chi connectivity index (χ1) is 14.8. The maximum atomic E-state index is 12.8. The van der Waals surface area contributed by atoms with E-state index in [2.05, 4.69) is 26.6 Å². The Hall–Kier alpha value is -3.39. The zero-order valence-corrected chi connectivity index (χ0v) is 18.9. The van der Waals surface area contributed by atoms with E-state index in [4.69, 9.17) is 4.42 Å². The van der Waals surface area contributed by atoms with Crippen LogP contribution in [0.15, 0.2) is 63.7 Å². The van der Waals surface area contributed by atoms with Gasteiger partial charge in [0.2, 0.25) is 5.91 Å². The van der Waals surface area contributed by atoms with Gasteiger partial charge in [0, 0.05) is 12.7 Å². The van der Waals surface area contributed by atoms with E-state index in [1.807, 2.05) is 32.0 Å². The summed E-state index contributed by atoms with van der Waals surface area (Å²) >= 11 is 3.17. The number of nitrogens with one attached hydrogen (secondary N) is 2. The molecule has 2 N–H and O–H groups in total. The van der Waals surface area contributed by atoms with Gasteiger partial charge in [0.1, 0.15) is 0 Å². The minimum absolute atomic E-state index is 0.137. The van der Waals surface area contributed by atoms with E-state index >= 15 is 0 Å². The molecule has 0 fully saturated rings. The maximum Gasteiger partial charge on any atom is 0.293 e. The second kappa shape index (κ2) is 9.61. The summed E-state index contributed by atoms with van der Waals surface area (Å²) in [4.78, 5) is 39.1. The van der Waals surface area contributed by atoms with Crippen molar-refractivity contribution in [3.05, 3.63) is 81.7 Å². The fraction of sp³-hybridized carbons (Fsp3) is 0.174. The van der Waals surface area contributed by atoms with Gasteiger partial charge in [-0.05, 0) is 65.2 Å². The third-order valence-corrected chi connectivity index (χ3v) is 5.18. The highest BCUT2D eigenvalue weighted by Crippen LogP contribution is 2.23. The number of nitrogens with zero attached hydrogens (tertiary/aromatic N) is 1. The summed E-state index contributed by atoms with van der Waals surface area (Å²) in [7, 11) is 1.55. The van der Waals surface area contributed by atoms with Gasteiger partial charge >= 0.3 is 0 Å². The monoisotopic (exact) mass is 483 g/mol. The number of hydrogen-bond acceptors (Lipinski definition) is 4. The molecule has 0 bridgehead atoms. The highest BCUT2D eigenvalue weighted by molar-refractivity contribution is 9.10. The molecule has 160 valence electrons. The predicted molar refractivity (Wildman–Crippen MR) is 122 cm³/mol. The van der Waals surface area contributed by atoms with E-state index < -0.39 is 11.8 Å². The van der Waals surface area contributed by atoms with Crippen molar-refractivity contribution in [1.82, 2.24) is 5.32 Å². The molecule has 0 atom stereocenters. The molecule has 1 heterocycles. The number of benzene rings is 2. The molecule has 3 amide bonds. The van der Waals surface area contributed by atoms with Crippen molar-refractivity contribution >= 4 is 45.0 Å². The summed E-state index contributed by atoms with van der Waals surface area (Å²) in [6.45, 7) is 3.60. The normalized spacial score (nSPS) is 10.5. The average Bonchev–Trinajstić information content (AvgIpc) is 3.20. The summed E-state index contributed by atoms with van der Waals surface area (Å²) in [6.07, 6.45) is 0. The van der Waals surface area contributed by atoms with Crippen LogP contribution in [0.25, 0.3) is 0 Å². The third-order valence-electron chi connectivity index (χ3n) is 4.75. The van der Waals surface area contributed by atoms with E-state index in [-0.39, 0.29) is 23.8 Å². The highest BCUT2D eigenvalue weighted by atomic mass is 79.9. The SMILES string of the molecule is Cc1cccc(C)c1NC(=O)CNC(=O)c1ccccc1N(C)C(=O)c1ccc(Br)o1. The molecule has 0 saturated heterocycles. The van der Waals surface area contributed by atoms with E-state index in [0.29, 0.717) is 10.4 Å². The molecule has 0 spiro atoms. The van der Waals surface area contributed by atoms with Crippen LogP contribution in [0.4, 0.5) is 11.4 Å². The Balaban J connectivity index is 1.70. The maximum absolute atomic E-state index is 12.8. The van der Waals surface area contributed by atoms with Gasteiger partial charge in [-0.25, -0.2) is 0 Å². The number of anilines is 2. The Morgan fingerprint density at radius 3 is 2.29 bits per heavy atom. The Kier molecular flexibility index (Phi) is 6.91. The van der Waals surface area contributed by atoms with Crippen LogP contribution in [0.1, 0.15) is 32.0 Å². The molecular formula is C23H22BrN3O4. The number of rotatable bonds is 6. The van der Waals surface area contributed by atoms with Crippen molar-refractivity contribution in [2.75, 3.05) is 23.8 Å². The van der Waals surface area contributed by atoms with Gasteiger partial charge in [-0.2, -0.15) is 0 Å². The molecule has 0 saturated carbocycles. The molecule has 2 aromatic carbocycles. The zero-order chi connectivity index (χ0) is 22.5. The predicted octanol–water partition coefficient (Wildman–Crippen LogP) is 4.30. The molecular weight excluding hydrogens is 462 g/mol. The van der Waals surface area contributed by atoms with Crippen LogP contribution in [-0.4, -0.2) is 31.3 Å². The van der Waals surface area contributed by atoms with Crippen molar-refractivity contribution in [2.24, 2.45) is 0 Å². The number of aryl methyl sites for hydroxylation is 2. The molecule has 0 radical (unpaired) electrons. The van der Waals surface area contributed by atoms with E-state index in [1.165, 1.54) is 4.90 Å². The lowest BCUT2D eigenvalue weighted by Gasteiger charge is -2.19. The number of carbonyl (C=O) groups is 3. The van der Waals surface area contributed by atoms with E-state index in [9.17, 15) is 14.4 Å². The fourth-order valence-corrected chi connectivity index (χ4v) is 3.42. The van der Waals surface area contributed by atoms with Crippen molar-refractivity contribution < 1.29 is 18.8 Å². The first-order valence-corrected chi connectivity index (χ1v) is 10.3. The van der Waals surface area contributed by atoms with Crippen LogP contribution in [0.5, 0.6) is 0 Å². The Morgan fingerprint density at radius 1 is 0.968 bits per heavy atom. The lowest BCUT2D eigenvalue weighted by atomic mass is 10.1. The molecule has 0 aliphatic heterocycles. The minimum atomic E-state index is -0.465. The molecule has 0 aliphatic carbocycles. The van der Waals surface area contributed by atoms with Crippen LogP contribution in [0.3, 0.4) is 0 Å². The molecule has 0 unspecified atom stereocenters. The first kappa shape index (κ1) is 22.3. The lowest BCUT2D eigenvalue weighted by Crippen LogP contribution is -2.35. The number of furan rings is 1. The van der Waals surface area contributed by atoms with Crippen molar-refractivity contribution in [2.45, 2.75) is 13.8 Å². The van der Waals surface area contributed by atoms with Gasteiger partial charge in [-0.15, -0.1) is 0 Å². The van der Waals surface area contributed by atoms with Gasteiger partial charge in [0.25, 0.3) is 11.8 Å². The van der Waals surface area contributed by atoms with E-state index in [1.54, 1.807) is 43.4 Å². The Bertz CT molecular complexity index is 1120. The molecule has 7 nitrogen and oxygen atoms in total. The quantitative estimate of drug-likeness (QED) is 0.546. The van der Waals surface area contributed by atoms with Gasteiger partial charge in [0.15, 0.2) is 10.4 Å². The second-order valence-corrected chi connectivity index (χ2v) is 7.76. The smallest absolute Gasteiger partial charge is 0.293 e. The van der Waals surface area contributed by atoms with E-state index in [0.717, 1.165) is 16.8 Å². The standard InChI is InChI=1S/C23H22BrN3O4/c1-14-7-6-8-15(2)21(14)26-20(28)13-25-22(29)16-9-4-5-10-17(16)27(3)23(30)18-11-12-19(24)31-18/h4-12H,13H2,1-3H3,(H,25,29)(H,26,28). The van der Waals surface area contributed by atoms with Crippen molar-refractivity contribution in [1.29, 1.82) is 0 Å². The molecule has 3 rings (SSSR count). The van der Waals surface area contributed by atoms with Crippen LogP contribution < -0.4 is 15.5 Å². The third kappa shape index (κ3) is 5.21. The summed E-state index contributed by atoms with van der Waals surface area (Å²) in [6, 6.07) is 15.6. The summed E-state index contributed by atoms with van der Waals surface area (Å²) in [5.74, 6) is -1.07. The van der Waals surface area contributed by atoms with Gasteiger partial charge in [-0.3, -0.25) is 14.4 Å². The molecule has 8 heteroatoms. The van der Waals surface area contributed by atoms with Crippen LogP contribution in [0.2, 0.25) is 0 Å². The minimum Gasteiger partial charge on any atom is -0.444 e. The Labute approximate surface area is 188 Å². The van der Waals surface area contributed by atoms with Crippen LogP contribution in [-0.2, 0) is 4.79 Å². The van der Waals surface area contributed by atoms with Crippen LogP contribution >= 0.6 is 15.9 Å². The van der Waals surface area contributed by atoms with Crippen molar-refractivity contribution in [3.63, 3.8) is 0 Å². The fourth-order valence-electron chi connectivity index (χ4n) is 3.11. The number of halogens is 1. The molecule has 0 aliphatic rings. The Morgan fingerprint density at radius 2 is 1.65 bits per heavy atom. The topological polar surface area (TPSA) is 91.7 Å². The molecule has 1 aromatic heterocycles. The first-order valence-electron chi connectivity index (χ1n) is 9.54. The second-order valence-electron chi connectivity index (χ2n) is 6.98. The van der Waals surface area contributed by atoms with Gasteiger partial charge in [-0.1, -0.05) is 30.3 Å². The number of amides is 3. The average molecular weight is 484 g/mol. The lowest BCUT2D eigenvalue weighted by molar-refractivity contribution is -0.115. The molecule has 31 heavy (non-hydrogen) atoms. The van der Waals surface area contributed by atoms with Crippen molar-refractivity contribution in [3.8, 4) is 0 Å². The highest BCUT2D eigenvalue weighted by Gasteiger charge is 2.22. The summed E-state index contributed by atoms with van der Waals surface area (Å²) in [5.41, 5.74) is 3.28. The zero-order valence-electron chi connectivity index (χ0n) is 17.4. The van der Waals surface area contributed by atoms with Gasteiger partial charge in [0.05, 0.1) is 17.8 Å². The largest absolute Gasteiger partial charge is 0.444 e. The summed E-state index contributed by atoms with van der Waals surface area (Å²) < 4.78 is 5.75.